The summed E-state index contributed by atoms with van der Waals surface area (Å²) in [5.74, 6) is 0. The quantitative estimate of drug-likeness (QED) is 0.614. The van der Waals surface area contributed by atoms with Crippen LogP contribution in [0.4, 0.5) is 13.2 Å². The van der Waals surface area contributed by atoms with Gasteiger partial charge in [0.1, 0.15) is 0 Å². The number of alkyl halides is 3. The van der Waals surface area contributed by atoms with Crippen LogP contribution in [0.15, 0.2) is 24.3 Å². The number of nitrogens with one attached hydrogen (secondary N) is 1. The van der Waals surface area contributed by atoms with Gasteiger partial charge in [0, 0.05) is 11.8 Å². The minimum Gasteiger partial charge on any atom is -0.315 e. The highest BCUT2D eigenvalue weighted by Crippen LogP contribution is 2.31. The minimum atomic E-state index is -4.27. The van der Waals surface area contributed by atoms with Crippen LogP contribution in [0.2, 0.25) is 0 Å². The van der Waals surface area contributed by atoms with E-state index < -0.39 is 11.7 Å². The van der Waals surface area contributed by atoms with Crippen molar-refractivity contribution in [1.82, 2.24) is 5.32 Å². The van der Waals surface area contributed by atoms with Crippen LogP contribution in [0, 0.1) is 0 Å². The maximum atomic E-state index is 12.7. The lowest BCUT2D eigenvalue weighted by atomic mass is 10.0. The Balaban J connectivity index is 2.59. The Morgan fingerprint density at radius 1 is 1.29 bits per heavy atom. The first kappa shape index (κ1) is 14.4. The zero-order chi connectivity index (χ0) is 12.9. The molecule has 1 N–H and O–H groups in total. The van der Waals surface area contributed by atoms with Crippen LogP contribution in [0.25, 0.3) is 0 Å². The Morgan fingerprint density at radius 3 is 2.53 bits per heavy atom. The second-order valence-electron chi connectivity index (χ2n) is 3.96. The molecule has 1 unspecified atom stereocenters. The number of hydrogen-bond donors (Lipinski definition) is 2. The molecule has 1 rings (SSSR count). The van der Waals surface area contributed by atoms with Crippen molar-refractivity contribution in [3.05, 3.63) is 35.4 Å². The Kier molecular flexibility index (Phi) is 5.33. The van der Waals surface area contributed by atoms with Gasteiger partial charge in [-0.25, -0.2) is 0 Å². The predicted octanol–water partition coefficient (Wildman–Crippen LogP) is 3.16. The van der Waals surface area contributed by atoms with Gasteiger partial charge in [-0.15, -0.1) is 0 Å². The lowest BCUT2D eigenvalue weighted by Gasteiger charge is -2.13. The van der Waals surface area contributed by atoms with E-state index in [2.05, 4.69) is 17.9 Å². The van der Waals surface area contributed by atoms with Crippen molar-refractivity contribution in [2.45, 2.75) is 24.8 Å². The fourth-order valence-corrected chi connectivity index (χ4v) is 1.68. The zero-order valence-corrected chi connectivity index (χ0v) is 10.5. The van der Waals surface area contributed by atoms with E-state index >= 15 is 0 Å². The molecule has 0 saturated carbocycles. The highest BCUT2D eigenvalue weighted by atomic mass is 32.1. The Bertz CT molecular complexity index is 350. The lowest BCUT2D eigenvalue weighted by Crippen LogP contribution is -2.24. The average Bonchev–Trinajstić information content (AvgIpc) is 2.23. The molecule has 1 aromatic rings. The second kappa shape index (κ2) is 6.31. The molecule has 0 aliphatic heterocycles. The summed E-state index contributed by atoms with van der Waals surface area (Å²) in [6.07, 6.45) is -3.90. The zero-order valence-electron chi connectivity index (χ0n) is 9.59. The van der Waals surface area contributed by atoms with Crippen molar-refractivity contribution in [1.29, 1.82) is 0 Å². The summed E-state index contributed by atoms with van der Waals surface area (Å²) in [5, 5.41) is 3.27. The molecule has 0 heterocycles. The number of benzene rings is 1. The summed E-state index contributed by atoms with van der Waals surface area (Å²) < 4.78 is 38.0. The van der Waals surface area contributed by atoms with Crippen molar-refractivity contribution in [3.63, 3.8) is 0 Å². The molecular formula is C12H16F3NS. The molecule has 5 heteroatoms. The topological polar surface area (TPSA) is 12.0 Å². The van der Waals surface area contributed by atoms with Crippen LogP contribution in [0.5, 0.6) is 0 Å². The Hall–Kier alpha value is -0.680. The number of thiol groups is 1. The Labute approximate surface area is 105 Å². The molecule has 1 nitrogen and oxygen atoms in total. The van der Waals surface area contributed by atoms with E-state index in [1.54, 1.807) is 6.07 Å². The van der Waals surface area contributed by atoms with Crippen molar-refractivity contribution >= 4 is 12.6 Å². The molecule has 0 amide bonds. The van der Waals surface area contributed by atoms with Crippen LogP contribution >= 0.6 is 12.6 Å². The van der Waals surface area contributed by atoms with Gasteiger partial charge in [0.2, 0.25) is 0 Å². The van der Waals surface area contributed by atoms with Gasteiger partial charge in [-0.1, -0.05) is 25.1 Å². The van der Waals surface area contributed by atoms with E-state index in [1.165, 1.54) is 12.1 Å². The van der Waals surface area contributed by atoms with Gasteiger partial charge in [0.05, 0.1) is 5.56 Å². The third kappa shape index (κ3) is 5.00. The summed E-state index contributed by atoms with van der Waals surface area (Å²) in [5.41, 5.74) is -0.208. The Morgan fingerprint density at radius 2 is 1.94 bits per heavy atom. The molecule has 0 fully saturated rings. The van der Waals surface area contributed by atoms with Gasteiger partial charge in [0.15, 0.2) is 0 Å². The van der Waals surface area contributed by atoms with Gasteiger partial charge in [-0.2, -0.15) is 25.8 Å². The molecular weight excluding hydrogens is 247 g/mol. The summed E-state index contributed by atoms with van der Waals surface area (Å²) in [6.45, 7) is 3.15. The first-order valence-electron chi connectivity index (χ1n) is 5.45. The molecule has 1 aromatic carbocycles. The van der Waals surface area contributed by atoms with E-state index in [4.69, 9.17) is 0 Å². The molecule has 0 aromatic heterocycles. The second-order valence-corrected chi connectivity index (χ2v) is 4.84. The summed E-state index contributed by atoms with van der Waals surface area (Å²) in [7, 11) is 0. The van der Waals surface area contributed by atoms with Crippen LogP contribution in [0.1, 0.15) is 18.1 Å². The van der Waals surface area contributed by atoms with Crippen molar-refractivity contribution < 1.29 is 13.2 Å². The molecule has 0 aliphatic rings. The first-order valence-corrected chi connectivity index (χ1v) is 5.97. The summed E-state index contributed by atoms with van der Waals surface area (Å²) in [6, 6.07) is 5.69. The van der Waals surface area contributed by atoms with Crippen molar-refractivity contribution in [3.8, 4) is 0 Å². The van der Waals surface area contributed by atoms with Gasteiger partial charge < -0.3 is 5.32 Å². The standard InChI is InChI=1S/C12H16F3NS/c1-9(17)8-16-7-6-10-4-2-3-5-11(10)12(13,14)15/h2-5,9,16-17H,6-8H2,1H3. The molecule has 0 saturated heterocycles. The third-order valence-electron chi connectivity index (χ3n) is 2.33. The predicted molar refractivity (Wildman–Crippen MR) is 66.5 cm³/mol. The fraction of sp³-hybridized carbons (Fsp3) is 0.500. The number of rotatable bonds is 5. The minimum absolute atomic E-state index is 0.202. The van der Waals surface area contributed by atoms with Gasteiger partial charge in [-0.05, 0) is 24.6 Å². The van der Waals surface area contributed by atoms with Crippen LogP contribution < -0.4 is 5.32 Å². The van der Waals surface area contributed by atoms with Crippen LogP contribution in [-0.2, 0) is 12.6 Å². The molecule has 96 valence electrons. The normalized spacial score (nSPS) is 13.7. The van der Waals surface area contributed by atoms with E-state index in [1.807, 2.05) is 6.92 Å². The smallest absolute Gasteiger partial charge is 0.315 e. The van der Waals surface area contributed by atoms with E-state index in [-0.39, 0.29) is 5.25 Å². The fourth-order valence-electron chi connectivity index (χ4n) is 1.55. The van der Waals surface area contributed by atoms with Gasteiger partial charge in [-0.3, -0.25) is 0 Å². The molecule has 0 spiro atoms. The number of halogens is 3. The van der Waals surface area contributed by atoms with Crippen molar-refractivity contribution in [2.75, 3.05) is 13.1 Å². The third-order valence-corrected chi connectivity index (χ3v) is 2.52. The van der Waals surface area contributed by atoms with Gasteiger partial charge in [0.25, 0.3) is 0 Å². The maximum absolute atomic E-state index is 12.7. The van der Waals surface area contributed by atoms with Crippen LogP contribution in [-0.4, -0.2) is 18.3 Å². The van der Waals surface area contributed by atoms with E-state index in [0.717, 1.165) is 6.07 Å². The SMILES string of the molecule is CC(S)CNCCc1ccccc1C(F)(F)F. The lowest BCUT2D eigenvalue weighted by molar-refractivity contribution is -0.138. The highest BCUT2D eigenvalue weighted by Gasteiger charge is 2.32. The molecule has 0 radical (unpaired) electrons. The summed E-state index contributed by atoms with van der Waals surface area (Å²) in [4.78, 5) is 0. The first-order chi connectivity index (χ1) is 7.91. The van der Waals surface area contributed by atoms with E-state index in [9.17, 15) is 13.2 Å². The molecule has 0 bridgehead atoms. The average molecular weight is 263 g/mol. The summed E-state index contributed by atoms with van der Waals surface area (Å²) >= 11 is 4.18. The highest BCUT2D eigenvalue weighted by molar-refractivity contribution is 7.80. The van der Waals surface area contributed by atoms with Crippen molar-refractivity contribution in [2.24, 2.45) is 0 Å². The van der Waals surface area contributed by atoms with Gasteiger partial charge >= 0.3 is 6.18 Å². The largest absolute Gasteiger partial charge is 0.416 e. The van der Waals surface area contributed by atoms with Crippen LogP contribution in [0.3, 0.4) is 0 Å². The van der Waals surface area contributed by atoms with E-state index in [0.29, 0.717) is 25.1 Å². The molecule has 0 aliphatic carbocycles. The molecule has 1 atom stereocenters. The molecule has 17 heavy (non-hydrogen) atoms. The number of hydrogen-bond acceptors (Lipinski definition) is 2. The maximum Gasteiger partial charge on any atom is 0.416 e. The monoisotopic (exact) mass is 263 g/mol.